The van der Waals surface area contributed by atoms with Crippen LogP contribution < -0.4 is 4.74 Å². The number of nitrogens with zero attached hydrogens (tertiary/aromatic N) is 1. The van der Waals surface area contributed by atoms with E-state index in [0.717, 1.165) is 11.1 Å². The molecule has 1 heterocycles. The van der Waals surface area contributed by atoms with Crippen LogP contribution in [0.3, 0.4) is 0 Å². The summed E-state index contributed by atoms with van der Waals surface area (Å²) < 4.78 is 15.5. The van der Waals surface area contributed by atoms with Crippen LogP contribution in [0.1, 0.15) is 28.7 Å². The lowest BCUT2D eigenvalue weighted by Crippen LogP contribution is -2.26. The zero-order valence-corrected chi connectivity index (χ0v) is 19.1. The van der Waals surface area contributed by atoms with Crippen LogP contribution in [0.2, 0.25) is 0 Å². The van der Waals surface area contributed by atoms with Gasteiger partial charge in [-0.2, -0.15) is 16.6 Å². The molecule has 7 heteroatoms. The Kier molecular flexibility index (Phi) is 8.39. The van der Waals surface area contributed by atoms with E-state index >= 15 is 0 Å². The lowest BCUT2D eigenvalue weighted by Gasteiger charge is -2.16. The third kappa shape index (κ3) is 6.31. The average Bonchev–Trinajstić information content (AvgIpc) is 3.38. The molecule has 0 bridgehead atoms. The number of rotatable bonds is 9. The molecule has 3 rings (SSSR count). The van der Waals surface area contributed by atoms with Gasteiger partial charge >= 0.3 is 11.9 Å². The van der Waals surface area contributed by atoms with E-state index in [0.29, 0.717) is 29.1 Å². The number of thiophene rings is 1. The maximum Gasteiger partial charge on any atom is 0.320 e. The molecule has 0 saturated carbocycles. The lowest BCUT2D eigenvalue weighted by molar-refractivity contribution is -0.158. The summed E-state index contributed by atoms with van der Waals surface area (Å²) in [5.41, 5.74) is 3.61. The Bertz CT molecular complexity index is 1150. The van der Waals surface area contributed by atoms with Crippen molar-refractivity contribution in [2.75, 3.05) is 14.2 Å². The van der Waals surface area contributed by atoms with E-state index in [4.69, 9.17) is 14.2 Å². The van der Waals surface area contributed by atoms with E-state index in [9.17, 15) is 14.9 Å². The molecule has 6 nitrogen and oxygen atoms in total. The van der Waals surface area contributed by atoms with Gasteiger partial charge in [-0.3, -0.25) is 9.59 Å². The van der Waals surface area contributed by atoms with Gasteiger partial charge in [0.2, 0.25) is 0 Å². The highest BCUT2D eigenvalue weighted by atomic mass is 32.1. The van der Waals surface area contributed by atoms with Crippen LogP contribution in [-0.2, 0) is 25.7 Å². The third-order valence-electron chi connectivity index (χ3n) is 5.00. The van der Waals surface area contributed by atoms with Crippen molar-refractivity contribution in [2.24, 2.45) is 5.92 Å². The standard InChI is InChI=1S/C26H23NO5S/c1-30-25(28)24(26(29)31-2)14-22(19-6-4-3-5-7-19)12-21-13-23(9-8-20(21)15-27)32-16-18-10-11-33-17-18/h3-13,17,24H,14,16H2,1-2H3/b22-12-. The molecule has 0 amide bonds. The van der Waals surface area contributed by atoms with Crippen LogP contribution in [0.4, 0.5) is 0 Å². The highest BCUT2D eigenvalue weighted by molar-refractivity contribution is 7.07. The van der Waals surface area contributed by atoms with Crippen molar-refractivity contribution in [2.45, 2.75) is 13.0 Å². The number of benzene rings is 2. The number of nitriles is 1. The monoisotopic (exact) mass is 461 g/mol. The van der Waals surface area contributed by atoms with E-state index in [1.165, 1.54) is 14.2 Å². The molecular weight excluding hydrogens is 438 g/mol. The summed E-state index contributed by atoms with van der Waals surface area (Å²) in [5, 5.41) is 13.6. The zero-order chi connectivity index (χ0) is 23.6. The molecule has 0 aliphatic rings. The first-order chi connectivity index (χ1) is 16.0. The Hall–Kier alpha value is -3.89. The number of allylic oxidation sites excluding steroid dienone is 1. The first-order valence-electron chi connectivity index (χ1n) is 10.2. The smallest absolute Gasteiger partial charge is 0.320 e. The van der Waals surface area contributed by atoms with Crippen molar-refractivity contribution < 1.29 is 23.8 Å². The van der Waals surface area contributed by atoms with Crippen molar-refractivity contribution in [3.63, 3.8) is 0 Å². The second-order valence-electron chi connectivity index (χ2n) is 7.12. The fourth-order valence-electron chi connectivity index (χ4n) is 3.26. The number of carbonyl (C=O) groups excluding carboxylic acids is 2. The van der Waals surface area contributed by atoms with Crippen LogP contribution in [0, 0.1) is 17.2 Å². The largest absolute Gasteiger partial charge is 0.489 e. The van der Waals surface area contributed by atoms with Gasteiger partial charge in [-0.15, -0.1) is 0 Å². The second-order valence-corrected chi connectivity index (χ2v) is 7.90. The van der Waals surface area contributed by atoms with Gasteiger partial charge in [0.1, 0.15) is 12.4 Å². The van der Waals surface area contributed by atoms with Gasteiger partial charge in [-0.05, 0) is 69.8 Å². The van der Waals surface area contributed by atoms with Gasteiger partial charge < -0.3 is 14.2 Å². The second kappa shape index (κ2) is 11.7. The number of esters is 2. The van der Waals surface area contributed by atoms with Crippen LogP contribution in [0.5, 0.6) is 5.75 Å². The summed E-state index contributed by atoms with van der Waals surface area (Å²) in [7, 11) is 2.46. The predicted octanol–water partition coefficient (Wildman–Crippen LogP) is 5.09. The molecule has 0 fully saturated rings. The number of methoxy groups -OCH3 is 2. The molecule has 0 aliphatic heterocycles. The summed E-state index contributed by atoms with van der Waals surface area (Å²) in [5.74, 6) is -1.89. The van der Waals surface area contributed by atoms with Gasteiger partial charge in [-0.1, -0.05) is 30.3 Å². The summed E-state index contributed by atoms with van der Waals surface area (Å²) in [6.45, 7) is 0.414. The Labute approximate surface area is 196 Å². The maximum absolute atomic E-state index is 12.3. The molecule has 0 aliphatic carbocycles. The molecule has 0 spiro atoms. The third-order valence-corrected chi connectivity index (χ3v) is 5.73. The molecule has 33 heavy (non-hydrogen) atoms. The van der Waals surface area contributed by atoms with E-state index in [1.807, 2.05) is 47.2 Å². The first kappa shape index (κ1) is 23.8. The minimum Gasteiger partial charge on any atom is -0.489 e. The Morgan fingerprint density at radius 1 is 1.06 bits per heavy atom. The average molecular weight is 462 g/mol. The molecule has 0 saturated heterocycles. The Morgan fingerprint density at radius 3 is 2.39 bits per heavy atom. The maximum atomic E-state index is 12.3. The van der Waals surface area contributed by atoms with E-state index in [1.54, 1.807) is 35.6 Å². The SMILES string of the molecule is COC(=O)C(C/C(=C/c1cc(OCc2ccsc2)ccc1C#N)c1ccccc1)C(=O)OC. The fourth-order valence-corrected chi connectivity index (χ4v) is 3.91. The van der Waals surface area contributed by atoms with Gasteiger partial charge in [-0.25, -0.2) is 0 Å². The summed E-state index contributed by atoms with van der Waals surface area (Å²) in [6, 6.07) is 18.7. The Balaban J connectivity index is 2.00. The van der Waals surface area contributed by atoms with E-state index in [-0.39, 0.29) is 6.42 Å². The molecule has 168 valence electrons. The zero-order valence-electron chi connectivity index (χ0n) is 18.3. The van der Waals surface area contributed by atoms with Crippen molar-refractivity contribution >= 4 is 34.9 Å². The summed E-state index contributed by atoms with van der Waals surface area (Å²) in [6.07, 6.45) is 1.85. The number of carbonyl (C=O) groups is 2. The van der Waals surface area contributed by atoms with Gasteiger partial charge in [0.25, 0.3) is 0 Å². The van der Waals surface area contributed by atoms with Crippen molar-refractivity contribution in [3.8, 4) is 11.8 Å². The van der Waals surface area contributed by atoms with Crippen LogP contribution in [0.15, 0.2) is 65.4 Å². The van der Waals surface area contributed by atoms with Crippen LogP contribution >= 0.6 is 11.3 Å². The summed E-state index contributed by atoms with van der Waals surface area (Å²) >= 11 is 1.60. The van der Waals surface area contributed by atoms with Crippen LogP contribution in [-0.4, -0.2) is 26.2 Å². The van der Waals surface area contributed by atoms with E-state index in [2.05, 4.69) is 6.07 Å². The molecule has 2 aromatic carbocycles. The van der Waals surface area contributed by atoms with Gasteiger partial charge in [0, 0.05) is 0 Å². The highest BCUT2D eigenvalue weighted by Gasteiger charge is 2.30. The van der Waals surface area contributed by atoms with Crippen LogP contribution in [0.25, 0.3) is 11.6 Å². The molecular formula is C26H23NO5S. The molecule has 1 aromatic heterocycles. The molecule has 0 unspecified atom stereocenters. The number of hydrogen-bond donors (Lipinski definition) is 0. The quantitative estimate of drug-likeness (QED) is 0.251. The minimum atomic E-state index is -1.13. The van der Waals surface area contributed by atoms with Gasteiger partial charge in [0.05, 0.1) is 25.9 Å². The Morgan fingerprint density at radius 2 is 1.79 bits per heavy atom. The topological polar surface area (TPSA) is 85.6 Å². The van der Waals surface area contributed by atoms with Crippen molar-refractivity contribution in [1.82, 2.24) is 0 Å². The predicted molar refractivity (Wildman–Crippen MR) is 126 cm³/mol. The minimum absolute atomic E-state index is 0.0498. The normalized spacial score (nSPS) is 11.0. The molecule has 0 N–H and O–H groups in total. The van der Waals surface area contributed by atoms with Crippen molar-refractivity contribution in [1.29, 1.82) is 5.26 Å². The highest BCUT2D eigenvalue weighted by Crippen LogP contribution is 2.29. The molecule has 0 atom stereocenters. The molecule has 3 aromatic rings. The van der Waals surface area contributed by atoms with E-state index < -0.39 is 17.9 Å². The summed E-state index contributed by atoms with van der Waals surface area (Å²) in [4.78, 5) is 24.6. The number of ether oxygens (including phenoxy) is 3. The first-order valence-corrected chi connectivity index (χ1v) is 11.1. The lowest BCUT2D eigenvalue weighted by atomic mass is 9.91. The fraction of sp³-hybridized carbons (Fsp3) is 0.192. The number of hydrogen-bond acceptors (Lipinski definition) is 7. The molecule has 0 radical (unpaired) electrons. The van der Waals surface area contributed by atoms with Crippen molar-refractivity contribution in [3.05, 3.63) is 87.6 Å². The van der Waals surface area contributed by atoms with Gasteiger partial charge in [0.15, 0.2) is 5.92 Å².